The van der Waals surface area contributed by atoms with E-state index < -0.39 is 23.0 Å². The number of benzene rings is 3. The fourth-order valence-electron chi connectivity index (χ4n) is 9.69. The predicted octanol–water partition coefficient (Wildman–Crippen LogP) is 4.93. The van der Waals surface area contributed by atoms with Crippen molar-refractivity contribution in [3.8, 4) is 11.5 Å². The molecule has 7 nitrogen and oxygen atoms in total. The van der Waals surface area contributed by atoms with Gasteiger partial charge in [-0.05, 0) is 74.6 Å². The lowest BCUT2D eigenvalue weighted by molar-refractivity contribution is -0.200. The zero-order valence-electron chi connectivity index (χ0n) is 25.6. The summed E-state index contributed by atoms with van der Waals surface area (Å²) in [6, 6.07) is 23.3. The number of piperidine rings is 1. The van der Waals surface area contributed by atoms with Crippen LogP contribution in [-0.4, -0.2) is 70.0 Å². The number of rotatable bonds is 8. The monoisotopic (exact) mass is 604 g/mol. The van der Waals surface area contributed by atoms with Gasteiger partial charge in [0.2, 0.25) is 5.91 Å². The van der Waals surface area contributed by atoms with Crippen molar-refractivity contribution in [3.05, 3.63) is 95.1 Å². The van der Waals surface area contributed by atoms with Crippen LogP contribution in [0.3, 0.4) is 0 Å². The molecule has 1 N–H and O–H groups in total. The Labute approximate surface area is 264 Å². The number of amides is 1. The maximum absolute atomic E-state index is 14.1. The molecule has 232 valence electrons. The Kier molecular flexibility index (Phi) is 6.24. The molecule has 9 rings (SSSR count). The SMILES string of the molecule is O=C(c1ccccc1)C1CCN([C@H]2CC[C@@]3(O)[C@H]4Cc5ccc(OCc6ccccc6)c6c5[C@@]3(CCN4CC3CC3)[C@H]2O6)C1=O. The van der Waals surface area contributed by atoms with Crippen molar-refractivity contribution in [1.29, 1.82) is 0 Å². The van der Waals surface area contributed by atoms with E-state index in [0.717, 1.165) is 48.7 Å². The van der Waals surface area contributed by atoms with Crippen molar-refractivity contribution in [2.45, 2.75) is 80.8 Å². The molecular formula is C38H40N2O5. The molecule has 1 unspecified atom stereocenters. The molecule has 2 saturated carbocycles. The van der Waals surface area contributed by atoms with Gasteiger partial charge < -0.3 is 19.5 Å². The topological polar surface area (TPSA) is 79.3 Å². The first-order valence-corrected chi connectivity index (χ1v) is 16.8. The van der Waals surface area contributed by atoms with Gasteiger partial charge in [0.25, 0.3) is 0 Å². The van der Waals surface area contributed by atoms with E-state index in [2.05, 4.69) is 23.1 Å². The lowest BCUT2D eigenvalue weighted by Crippen LogP contribution is -2.78. The second-order valence-corrected chi connectivity index (χ2v) is 14.3. The number of carbonyl (C=O) groups is 2. The van der Waals surface area contributed by atoms with Gasteiger partial charge in [-0.1, -0.05) is 66.7 Å². The average molecular weight is 605 g/mol. The van der Waals surface area contributed by atoms with E-state index >= 15 is 0 Å². The summed E-state index contributed by atoms with van der Waals surface area (Å²) < 4.78 is 13.5. The molecular weight excluding hydrogens is 564 g/mol. The van der Waals surface area contributed by atoms with Crippen molar-refractivity contribution < 1.29 is 24.2 Å². The number of ether oxygens (including phenoxy) is 2. The highest BCUT2D eigenvalue weighted by Gasteiger charge is 2.74. The van der Waals surface area contributed by atoms with Crippen LogP contribution >= 0.6 is 0 Å². The average Bonchev–Trinajstić information content (AvgIpc) is 3.70. The molecule has 3 aliphatic heterocycles. The van der Waals surface area contributed by atoms with Gasteiger partial charge in [-0.3, -0.25) is 14.5 Å². The van der Waals surface area contributed by atoms with E-state index in [1.165, 1.54) is 18.4 Å². The van der Waals surface area contributed by atoms with Gasteiger partial charge in [0.05, 0.1) is 17.1 Å². The molecule has 2 bridgehead atoms. The first-order chi connectivity index (χ1) is 22.0. The van der Waals surface area contributed by atoms with Crippen LogP contribution in [0, 0.1) is 11.8 Å². The van der Waals surface area contributed by atoms with E-state index in [-0.39, 0.29) is 23.8 Å². The summed E-state index contributed by atoms with van der Waals surface area (Å²) in [4.78, 5) is 32.0. The Morgan fingerprint density at radius 3 is 2.49 bits per heavy atom. The predicted molar refractivity (Wildman–Crippen MR) is 168 cm³/mol. The van der Waals surface area contributed by atoms with Crippen LogP contribution in [0.25, 0.3) is 0 Å². The van der Waals surface area contributed by atoms with E-state index in [9.17, 15) is 14.7 Å². The van der Waals surface area contributed by atoms with Crippen molar-refractivity contribution >= 4 is 11.7 Å². The Hall–Kier alpha value is -3.68. The maximum Gasteiger partial charge on any atom is 0.233 e. The number of ketones is 1. The Balaban J connectivity index is 1.09. The molecule has 0 aromatic heterocycles. The number of nitrogens with zero attached hydrogens (tertiary/aromatic N) is 2. The number of carbonyl (C=O) groups excluding carboxylic acids is 2. The van der Waals surface area contributed by atoms with Gasteiger partial charge in [-0.15, -0.1) is 0 Å². The van der Waals surface area contributed by atoms with Gasteiger partial charge in [0.15, 0.2) is 17.3 Å². The fraction of sp³-hybridized carbons (Fsp3) is 0.474. The summed E-state index contributed by atoms with van der Waals surface area (Å²) in [7, 11) is 0. The Morgan fingerprint density at radius 1 is 0.933 bits per heavy atom. The number of likely N-dealkylation sites (tertiary alicyclic amines) is 2. The minimum absolute atomic E-state index is 0.0233. The molecule has 2 saturated heterocycles. The molecule has 4 fully saturated rings. The van der Waals surface area contributed by atoms with Crippen LogP contribution < -0.4 is 9.47 Å². The molecule has 3 aromatic rings. The zero-order chi connectivity index (χ0) is 30.3. The van der Waals surface area contributed by atoms with Crippen LogP contribution in [0.2, 0.25) is 0 Å². The highest BCUT2D eigenvalue weighted by molar-refractivity contribution is 6.11. The van der Waals surface area contributed by atoms with E-state index in [1.807, 2.05) is 47.4 Å². The van der Waals surface area contributed by atoms with Crippen molar-refractivity contribution in [2.24, 2.45) is 11.8 Å². The van der Waals surface area contributed by atoms with E-state index in [0.29, 0.717) is 43.7 Å². The summed E-state index contributed by atoms with van der Waals surface area (Å²) in [5.41, 5.74) is 2.42. The van der Waals surface area contributed by atoms with Gasteiger partial charge in [0.1, 0.15) is 18.6 Å². The molecule has 7 heteroatoms. The standard InChI is InChI=1S/C38H40N2O5/c41-33(26-9-5-2-6-10-26)28-16-19-40(36(28)42)29-15-17-38(43)31-21-27-13-14-30(44-23-25-7-3-1-4-8-25)34-32(27)37(38,35(29)45-34)18-20-39(31)22-24-11-12-24/h1-10,13-14,24,28-29,31,35,43H,11-12,15-23H2/t28?,29-,31+,35-,37-,38+/m0/s1. The lowest BCUT2D eigenvalue weighted by Gasteiger charge is -2.64. The number of Topliss-reactive ketones (excluding diaryl/α,β-unsaturated/α-hetero) is 1. The first kappa shape index (κ1) is 27.6. The van der Waals surface area contributed by atoms with Crippen LogP contribution in [-0.2, 0) is 23.2 Å². The largest absolute Gasteiger partial charge is 0.485 e. The van der Waals surface area contributed by atoms with Gasteiger partial charge in [0, 0.05) is 30.3 Å². The summed E-state index contributed by atoms with van der Waals surface area (Å²) in [6.07, 6.45) is 5.51. The lowest BCUT2D eigenvalue weighted by atomic mass is 9.48. The second kappa shape index (κ2) is 10.2. The summed E-state index contributed by atoms with van der Waals surface area (Å²) in [6.45, 7) is 2.91. The van der Waals surface area contributed by atoms with Crippen molar-refractivity contribution in [1.82, 2.24) is 9.80 Å². The quantitative estimate of drug-likeness (QED) is 0.290. The smallest absolute Gasteiger partial charge is 0.233 e. The molecule has 1 amide bonds. The third-order valence-electron chi connectivity index (χ3n) is 12.0. The minimum Gasteiger partial charge on any atom is -0.485 e. The molecule has 6 aliphatic rings. The molecule has 3 aromatic carbocycles. The van der Waals surface area contributed by atoms with Crippen LogP contribution in [0.1, 0.15) is 65.6 Å². The molecule has 1 spiro atoms. The molecule has 45 heavy (non-hydrogen) atoms. The molecule has 3 aliphatic carbocycles. The van der Waals surface area contributed by atoms with Crippen molar-refractivity contribution in [3.63, 3.8) is 0 Å². The van der Waals surface area contributed by atoms with Crippen LogP contribution in [0.4, 0.5) is 0 Å². The van der Waals surface area contributed by atoms with E-state index in [4.69, 9.17) is 9.47 Å². The Bertz CT molecular complexity index is 1660. The highest BCUT2D eigenvalue weighted by Crippen LogP contribution is 2.66. The van der Waals surface area contributed by atoms with Gasteiger partial charge >= 0.3 is 0 Å². The van der Waals surface area contributed by atoms with E-state index in [1.54, 1.807) is 12.1 Å². The summed E-state index contributed by atoms with van der Waals surface area (Å²) >= 11 is 0. The normalized spacial score (nSPS) is 33.1. The highest BCUT2D eigenvalue weighted by atomic mass is 16.5. The zero-order valence-corrected chi connectivity index (χ0v) is 25.6. The molecule has 0 radical (unpaired) electrons. The summed E-state index contributed by atoms with van der Waals surface area (Å²) in [5.74, 6) is 1.31. The second-order valence-electron chi connectivity index (χ2n) is 14.3. The maximum atomic E-state index is 14.1. The third-order valence-corrected chi connectivity index (χ3v) is 12.0. The molecule has 3 heterocycles. The number of hydrogen-bond acceptors (Lipinski definition) is 6. The Morgan fingerprint density at radius 2 is 1.71 bits per heavy atom. The first-order valence-electron chi connectivity index (χ1n) is 16.8. The third kappa shape index (κ3) is 4.02. The van der Waals surface area contributed by atoms with Gasteiger partial charge in [-0.2, -0.15) is 0 Å². The minimum atomic E-state index is -0.959. The number of aliphatic hydroxyl groups is 1. The van der Waals surface area contributed by atoms with Crippen molar-refractivity contribution in [2.75, 3.05) is 19.6 Å². The van der Waals surface area contributed by atoms with Gasteiger partial charge in [-0.25, -0.2) is 0 Å². The fourth-order valence-corrected chi connectivity index (χ4v) is 9.69. The molecule has 6 atom stereocenters. The van der Waals surface area contributed by atoms with Crippen LogP contribution in [0.15, 0.2) is 72.8 Å². The summed E-state index contributed by atoms with van der Waals surface area (Å²) in [5, 5.41) is 13.0. The van der Waals surface area contributed by atoms with Crippen LogP contribution in [0.5, 0.6) is 11.5 Å². The number of hydrogen-bond donors (Lipinski definition) is 1.